The zero-order chi connectivity index (χ0) is 23.0. The van der Waals surface area contributed by atoms with Crippen molar-refractivity contribution in [3.8, 4) is 11.5 Å². The molecule has 2 heterocycles. The molecule has 0 aliphatic carbocycles. The third-order valence-electron chi connectivity index (χ3n) is 5.18. The fraction of sp³-hybridized carbons (Fsp3) is 0.280. The number of carbonyl (C=O) groups excluding carboxylic acids is 1. The van der Waals surface area contributed by atoms with Crippen molar-refractivity contribution in [3.05, 3.63) is 77.9 Å². The molecule has 172 valence electrons. The van der Waals surface area contributed by atoms with E-state index in [4.69, 9.17) is 14.2 Å². The van der Waals surface area contributed by atoms with E-state index in [-0.39, 0.29) is 11.7 Å². The molecule has 1 N–H and O–H groups in total. The van der Waals surface area contributed by atoms with Gasteiger partial charge < -0.3 is 24.4 Å². The summed E-state index contributed by atoms with van der Waals surface area (Å²) in [4.78, 5) is 18.8. The fourth-order valence-corrected chi connectivity index (χ4v) is 3.53. The maximum Gasteiger partial charge on any atom is 0.255 e. The highest BCUT2D eigenvalue weighted by Crippen LogP contribution is 2.30. The van der Waals surface area contributed by atoms with E-state index in [1.807, 2.05) is 24.0 Å². The van der Waals surface area contributed by atoms with Gasteiger partial charge in [0.1, 0.15) is 12.4 Å². The molecule has 1 aliphatic rings. The number of carbonyl (C=O) groups is 1. The van der Waals surface area contributed by atoms with Crippen molar-refractivity contribution in [1.29, 1.82) is 0 Å². The first-order valence-electron chi connectivity index (χ1n) is 10.9. The lowest BCUT2D eigenvalue weighted by Crippen LogP contribution is -2.36. The Kier molecular flexibility index (Phi) is 7.36. The largest absolute Gasteiger partial charge is 0.490 e. The number of hydrogen-bond donors (Lipinski definition) is 1. The molecule has 1 aliphatic heterocycles. The molecule has 1 saturated heterocycles. The number of ether oxygens (including phenoxy) is 3. The molecule has 7 nitrogen and oxygen atoms in total. The molecular weight excluding hydrogens is 425 g/mol. The van der Waals surface area contributed by atoms with Crippen LogP contribution in [0.3, 0.4) is 0 Å². The molecule has 1 fully saturated rings. The van der Waals surface area contributed by atoms with E-state index < -0.39 is 0 Å². The smallest absolute Gasteiger partial charge is 0.255 e. The molecule has 0 radical (unpaired) electrons. The van der Waals surface area contributed by atoms with Gasteiger partial charge >= 0.3 is 0 Å². The summed E-state index contributed by atoms with van der Waals surface area (Å²) in [5.74, 6) is 0.234. The second-order valence-electron chi connectivity index (χ2n) is 7.46. The van der Waals surface area contributed by atoms with E-state index in [0.717, 1.165) is 5.56 Å². The Morgan fingerprint density at radius 3 is 2.70 bits per heavy atom. The molecular formula is C25H26FN3O4. The highest BCUT2D eigenvalue weighted by molar-refractivity contribution is 6.04. The van der Waals surface area contributed by atoms with Crippen LogP contribution in [0, 0.1) is 5.82 Å². The second kappa shape index (κ2) is 10.8. The standard InChI is InChI=1S/C25H26FN3O4/c1-2-32-24-14-19(5-8-23(24)33-17-18-4-3-9-27-16-18)25(30)28-20-6-7-22(21(26)15-20)29-10-12-31-13-11-29/h3-9,14-16H,2,10-13,17H2,1H3,(H,28,30). The molecule has 1 aromatic heterocycles. The van der Waals surface area contributed by atoms with E-state index in [1.165, 1.54) is 6.07 Å². The van der Waals surface area contributed by atoms with Gasteiger partial charge in [0.2, 0.25) is 0 Å². The van der Waals surface area contributed by atoms with Gasteiger partial charge in [0, 0.05) is 42.3 Å². The van der Waals surface area contributed by atoms with Gasteiger partial charge in [-0.2, -0.15) is 0 Å². The number of halogens is 1. The molecule has 0 bridgehead atoms. The van der Waals surface area contributed by atoms with Crippen molar-refractivity contribution in [2.24, 2.45) is 0 Å². The molecule has 1 amide bonds. The predicted molar refractivity (Wildman–Crippen MR) is 124 cm³/mol. The number of aromatic nitrogens is 1. The van der Waals surface area contributed by atoms with Crippen LogP contribution in [0.15, 0.2) is 60.9 Å². The quantitative estimate of drug-likeness (QED) is 0.551. The van der Waals surface area contributed by atoms with Crippen molar-refractivity contribution in [2.75, 3.05) is 43.1 Å². The number of amides is 1. The maximum atomic E-state index is 14.7. The van der Waals surface area contributed by atoms with Crippen LogP contribution in [0.1, 0.15) is 22.8 Å². The first kappa shape index (κ1) is 22.5. The van der Waals surface area contributed by atoms with Gasteiger partial charge in [0.15, 0.2) is 11.5 Å². The highest BCUT2D eigenvalue weighted by Gasteiger charge is 2.17. The average Bonchev–Trinajstić information content (AvgIpc) is 2.84. The van der Waals surface area contributed by atoms with Gasteiger partial charge in [-0.1, -0.05) is 6.07 Å². The minimum absolute atomic E-state index is 0.328. The third kappa shape index (κ3) is 5.78. The Morgan fingerprint density at radius 2 is 1.97 bits per heavy atom. The number of nitrogens with zero attached hydrogens (tertiary/aromatic N) is 2. The van der Waals surface area contributed by atoms with Gasteiger partial charge in [-0.15, -0.1) is 0 Å². The van der Waals surface area contributed by atoms with Crippen LogP contribution >= 0.6 is 0 Å². The van der Waals surface area contributed by atoms with Crippen LogP contribution in [0.5, 0.6) is 11.5 Å². The SMILES string of the molecule is CCOc1cc(C(=O)Nc2ccc(N3CCOCC3)c(F)c2)ccc1OCc1cccnc1. The second-order valence-corrected chi connectivity index (χ2v) is 7.46. The van der Waals surface area contributed by atoms with Crippen LogP contribution in [0.4, 0.5) is 15.8 Å². The van der Waals surface area contributed by atoms with E-state index in [0.29, 0.717) is 68.0 Å². The topological polar surface area (TPSA) is 72.9 Å². The van der Waals surface area contributed by atoms with Gasteiger partial charge in [-0.25, -0.2) is 4.39 Å². The van der Waals surface area contributed by atoms with Crippen LogP contribution < -0.4 is 19.7 Å². The number of hydrogen-bond acceptors (Lipinski definition) is 6. The zero-order valence-electron chi connectivity index (χ0n) is 18.4. The Bertz CT molecular complexity index is 1090. The number of benzene rings is 2. The summed E-state index contributed by atoms with van der Waals surface area (Å²) in [6, 6.07) is 13.4. The molecule has 3 aromatic rings. The molecule has 0 saturated carbocycles. The van der Waals surface area contributed by atoms with E-state index >= 15 is 0 Å². The third-order valence-corrected chi connectivity index (χ3v) is 5.18. The Balaban J connectivity index is 1.45. The summed E-state index contributed by atoms with van der Waals surface area (Å²) in [7, 11) is 0. The van der Waals surface area contributed by atoms with Crippen molar-refractivity contribution < 1.29 is 23.4 Å². The monoisotopic (exact) mass is 451 g/mol. The molecule has 0 spiro atoms. The lowest BCUT2D eigenvalue weighted by atomic mass is 10.1. The number of morpholine rings is 1. The number of pyridine rings is 1. The van der Waals surface area contributed by atoms with Crippen LogP contribution in [0.2, 0.25) is 0 Å². The average molecular weight is 451 g/mol. The number of anilines is 2. The summed E-state index contributed by atoms with van der Waals surface area (Å²) in [5.41, 5.74) is 2.18. The minimum atomic E-state index is -0.385. The summed E-state index contributed by atoms with van der Waals surface area (Å²) in [5, 5.41) is 2.75. The van der Waals surface area contributed by atoms with Crippen LogP contribution in [-0.4, -0.2) is 43.8 Å². The zero-order valence-corrected chi connectivity index (χ0v) is 18.4. The Morgan fingerprint density at radius 1 is 1.12 bits per heavy atom. The van der Waals surface area contributed by atoms with Gasteiger partial charge in [-0.05, 0) is 49.4 Å². The maximum absolute atomic E-state index is 14.7. The number of nitrogens with one attached hydrogen (secondary N) is 1. The summed E-state index contributed by atoms with van der Waals surface area (Å²) in [6.45, 7) is 5.02. The highest BCUT2D eigenvalue weighted by atomic mass is 19.1. The summed E-state index contributed by atoms with van der Waals surface area (Å²) in [6.07, 6.45) is 3.43. The van der Waals surface area contributed by atoms with E-state index in [1.54, 1.807) is 42.7 Å². The fourth-order valence-electron chi connectivity index (χ4n) is 3.53. The van der Waals surface area contributed by atoms with Gasteiger partial charge in [0.25, 0.3) is 5.91 Å². The Labute approximate surface area is 192 Å². The van der Waals surface area contributed by atoms with Crippen molar-refractivity contribution in [3.63, 3.8) is 0 Å². The predicted octanol–water partition coefficient (Wildman–Crippen LogP) is 4.29. The van der Waals surface area contributed by atoms with E-state index in [2.05, 4.69) is 10.3 Å². The summed E-state index contributed by atoms with van der Waals surface area (Å²) >= 11 is 0. The molecule has 4 rings (SSSR count). The van der Waals surface area contributed by atoms with Crippen molar-refractivity contribution >= 4 is 17.3 Å². The van der Waals surface area contributed by atoms with Crippen molar-refractivity contribution in [1.82, 2.24) is 4.98 Å². The number of rotatable bonds is 8. The van der Waals surface area contributed by atoms with E-state index in [9.17, 15) is 9.18 Å². The van der Waals surface area contributed by atoms with Crippen molar-refractivity contribution in [2.45, 2.75) is 13.5 Å². The Hall–Kier alpha value is -3.65. The first-order chi connectivity index (χ1) is 16.1. The normalized spacial score (nSPS) is 13.5. The molecule has 0 atom stereocenters. The summed E-state index contributed by atoms with van der Waals surface area (Å²) < 4.78 is 31.5. The molecule has 0 unspecified atom stereocenters. The lowest BCUT2D eigenvalue weighted by molar-refractivity contribution is 0.102. The molecule has 33 heavy (non-hydrogen) atoms. The van der Waals surface area contributed by atoms with Gasteiger partial charge in [0.05, 0.1) is 25.5 Å². The first-order valence-corrected chi connectivity index (χ1v) is 10.9. The lowest BCUT2D eigenvalue weighted by Gasteiger charge is -2.29. The van der Waals surface area contributed by atoms with Gasteiger partial charge in [-0.3, -0.25) is 9.78 Å². The molecule has 8 heteroatoms. The van der Waals surface area contributed by atoms with Crippen LogP contribution in [-0.2, 0) is 11.3 Å². The minimum Gasteiger partial charge on any atom is -0.490 e. The van der Waals surface area contributed by atoms with Crippen LogP contribution in [0.25, 0.3) is 0 Å². The molecule has 2 aromatic carbocycles.